The number of carbonyl (C=O) groups excluding carboxylic acids is 1. The van der Waals surface area contributed by atoms with Crippen molar-refractivity contribution in [3.8, 4) is 0 Å². The molecule has 0 aliphatic rings. The predicted octanol–water partition coefficient (Wildman–Crippen LogP) is 1.33. The molecule has 5 heteroatoms. The number of carbonyl (C=O) groups is 1. The molecule has 17 heavy (non-hydrogen) atoms. The summed E-state index contributed by atoms with van der Waals surface area (Å²) in [4.78, 5) is 14.7. The smallest absolute Gasteiger partial charge is 0.224 e. The number of para-hydroxylation sites is 2. The van der Waals surface area contributed by atoms with E-state index in [1.807, 2.05) is 12.1 Å². The van der Waals surface area contributed by atoms with Crippen LogP contribution in [0, 0.1) is 6.42 Å². The van der Waals surface area contributed by atoms with Crippen LogP contribution in [0.2, 0.25) is 0 Å². The third-order valence-electron chi connectivity index (χ3n) is 2.34. The van der Waals surface area contributed by atoms with Crippen LogP contribution in [0.25, 0.3) is 11.1 Å². The van der Waals surface area contributed by atoms with Crippen LogP contribution < -0.4 is 5.73 Å². The summed E-state index contributed by atoms with van der Waals surface area (Å²) in [6.07, 6.45) is 1.24. The molecule has 5 nitrogen and oxygen atoms in total. The van der Waals surface area contributed by atoms with E-state index in [9.17, 15) is 9.90 Å². The zero-order valence-electron chi connectivity index (χ0n) is 9.17. The molecule has 1 aromatic carbocycles. The molecule has 1 atom stereocenters. The molecule has 0 saturated heterocycles. The van der Waals surface area contributed by atoms with Gasteiger partial charge >= 0.3 is 0 Å². The lowest BCUT2D eigenvalue weighted by molar-refractivity contribution is -0.118. The summed E-state index contributed by atoms with van der Waals surface area (Å²) in [7, 11) is 0. The second-order valence-corrected chi connectivity index (χ2v) is 3.71. The number of oxazole rings is 1. The summed E-state index contributed by atoms with van der Waals surface area (Å²) < 4.78 is 5.38. The number of aliphatic hydroxyl groups is 1. The van der Waals surface area contributed by atoms with Crippen molar-refractivity contribution in [3.05, 3.63) is 36.6 Å². The number of nitrogens with two attached hydrogens (primary N) is 1. The molecule has 1 amide bonds. The molecular formula is C12H13N2O3. The van der Waals surface area contributed by atoms with E-state index < -0.39 is 12.0 Å². The van der Waals surface area contributed by atoms with Gasteiger partial charge in [-0.2, -0.15) is 0 Å². The molecule has 0 spiro atoms. The van der Waals surface area contributed by atoms with Gasteiger partial charge in [0.25, 0.3) is 0 Å². The number of hydrogen-bond acceptors (Lipinski definition) is 4. The highest BCUT2D eigenvalue weighted by Crippen LogP contribution is 2.22. The number of aliphatic hydroxyl groups excluding tert-OH is 1. The number of fused-ring (bicyclic) bond motifs is 1. The number of hydrogen-bond donors (Lipinski definition) is 2. The predicted molar refractivity (Wildman–Crippen MR) is 61.7 cm³/mol. The van der Waals surface area contributed by atoms with E-state index in [2.05, 4.69) is 4.98 Å². The van der Waals surface area contributed by atoms with E-state index in [-0.39, 0.29) is 12.3 Å². The molecule has 1 radical (unpaired) electrons. The Morgan fingerprint density at radius 2 is 2.29 bits per heavy atom. The van der Waals surface area contributed by atoms with Gasteiger partial charge in [-0.15, -0.1) is 0 Å². The molecule has 0 bridgehead atoms. The second-order valence-electron chi connectivity index (χ2n) is 3.71. The Balaban J connectivity index is 2.03. The largest absolute Gasteiger partial charge is 0.438 e. The average Bonchev–Trinajstić information content (AvgIpc) is 2.71. The zero-order valence-corrected chi connectivity index (χ0v) is 9.17. The molecule has 2 rings (SSSR count). The average molecular weight is 233 g/mol. The standard InChI is InChI=1S/C12H13N2O3/c13-11(16)7-3-5-9(15)12-14-8-4-1-2-6-10(8)17-12/h1-2,4-6,9,15H,3,7H2,(H2,13,16)/t9-/m0/s1. The number of primary amides is 1. The van der Waals surface area contributed by atoms with Gasteiger partial charge in [-0.25, -0.2) is 4.98 Å². The highest BCUT2D eigenvalue weighted by atomic mass is 16.4. The summed E-state index contributed by atoms with van der Waals surface area (Å²) in [5.74, 6) is -0.165. The minimum absolute atomic E-state index is 0.206. The maximum Gasteiger partial charge on any atom is 0.224 e. The van der Waals surface area contributed by atoms with Gasteiger partial charge in [-0.1, -0.05) is 12.1 Å². The van der Waals surface area contributed by atoms with Crippen LogP contribution in [0.3, 0.4) is 0 Å². The van der Waals surface area contributed by atoms with Crippen molar-refractivity contribution in [1.29, 1.82) is 0 Å². The first kappa shape index (κ1) is 11.6. The summed E-state index contributed by atoms with van der Waals surface area (Å²) in [6, 6.07) is 7.26. The summed E-state index contributed by atoms with van der Waals surface area (Å²) >= 11 is 0. The van der Waals surface area contributed by atoms with Gasteiger partial charge in [0.2, 0.25) is 11.8 Å². The van der Waals surface area contributed by atoms with Crippen LogP contribution in [0.1, 0.15) is 24.8 Å². The SMILES string of the molecule is NC(=O)CC[CH][C@H](O)c1nc2ccccc2o1. The van der Waals surface area contributed by atoms with Crippen molar-refractivity contribution >= 4 is 17.0 Å². The van der Waals surface area contributed by atoms with Crippen LogP contribution in [-0.4, -0.2) is 16.0 Å². The van der Waals surface area contributed by atoms with E-state index in [4.69, 9.17) is 10.2 Å². The van der Waals surface area contributed by atoms with Gasteiger partial charge < -0.3 is 15.3 Å². The maximum absolute atomic E-state index is 10.5. The van der Waals surface area contributed by atoms with Crippen molar-refractivity contribution in [1.82, 2.24) is 4.98 Å². The van der Waals surface area contributed by atoms with Gasteiger partial charge in [-0.05, 0) is 18.6 Å². The lowest BCUT2D eigenvalue weighted by Gasteiger charge is -2.03. The molecule has 0 saturated carbocycles. The summed E-state index contributed by atoms with van der Waals surface area (Å²) in [5.41, 5.74) is 6.33. The first-order chi connectivity index (χ1) is 8.16. The zero-order chi connectivity index (χ0) is 12.3. The van der Waals surface area contributed by atoms with Gasteiger partial charge in [0.15, 0.2) is 5.58 Å². The maximum atomic E-state index is 10.5. The Kier molecular flexibility index (Phi) is 3.39. The number of benzene rings is 1. The highest BCUT2D eigenvalue weighted by molar-refractivity contribution is 5.74. The van der Waals surface area contributed by atoms with E-state index in [0.717, 1.165) is 0 Å². The molecule has 3 N–H and O–H groups in total. The second kappa shape index (κ2) is 4.97. The van der Waals surface area contributed by atoms with Gasteiger partial charge in [-0.3, -0.25) is 4.79 Å². The van der Waals surface area contributed by atoms with Crippen molar-refractivity contribution in [2.24, 2.45) is 5.73 Å². The van der Waals surface area contributed by atoms with Crippen LogP contribution in [-0.2, 0) is 4.79 Å². The molecule has 1 aromatic heterocycles. The molecule has 0 aliphatic heterocycles. The minimum Gasteiger partial charge on any atom is -0.438 e. The van der Waals surface area contributed by atoms with Crippen LogP contribution >= 0.6 is 0 Å². The fraction of sp³-hybridized carbons (Fsp3) is 0.250. The Morgan fingerprint density at radius 3 is 3.00 bits per heavy atom. The molecule has 1 heterocycles. The first-order valence-electron chi connectivity index (χ1n) is 5.32. The van der Waals surface area contributed by atoms with Crippen molar-refractivity contribution in [2.75, 3.05) is 0 Å². The third kappa shape index (κ3) is 2.82. The fourth-order valence-corrected chi connectivity index (χ4v) is 1.50. The van der Waals surface area contributed by atoms with Crippen LogP contribution in [0.5, 0.6) is 0 Å². The molecular weight excluding hydrogens is 220 g/mol. The van der Waals surface area contributed by atoms with E-state index >= 15 is 0 Å². The molecule has 0 fully saturated rings. The first-order valence-corrected chi connectivity index (χ1v) is 5.32. The lowest BCUT2D eigenvalue weighted by atomic mass is 10.1. The van der Waals surface area contributed by atoms with Gasteiger partial charge in [0.1, 0.15) is 11.6 Å². The summed E-state index contributed by atoms with van der Waals surface area (Å²) in [5, 5.41) is 9.77. The number of nitrogens with zero attached hydrogens (tertiary/aromatic N) is 1. The minimum atomic E-state index is -0.915. The number of rotatable bonds is 5. The quantitative estimate of drug-likeness (QED) is 0.815. The van der Waals surface area contributed by atoms with Gasteiger partial charge in [0, 0.05) is 12.8 Å². The Bertz CT molecular complexity index is 488. The fourth-order valence-electron chi connectivity index (χ4n) is 1.50. The monoisotopic (exact) mass is 233 g/mol. The van der Waals surface area contributed by atoms with Crippen molar-refractivity contribution in [2.45, 2.75) is 18.9 Å². The molecule has 2 aromatic rings. The van der Waals surface area contributed by atoms with E-state index in [1.54, 1.807) is 18.6 Å². The molecule has 0 unspecified atom stereocenters. The highest BCUT2D eigenvalue weighted by Gasteiger charge is 2.15. The Labute approximate surface area is 98.2 Å². The summed E-state index contributed by atoms with van der Waals surface area (Å²) in [6.45, 7) is 0. The number of amides is 1. The Hall–Kier alpha value is -1.88. The third-order valence-corrected chi connectivity index (χ3v) is 2.34. The Morgan fingerprint density at radius 1 is 1.53 bits per heavy atom. The number of aromatic nitrogens is 1. The van der Waals surface area contributed by atoms with Crippen LogP contribution in [0.4, 0.5) is 0 Å². The van der Waals surface area contributed by atoms with Gasteiger partial charge in [0.05, 0.1) is 0 Å². The van der Waals surface area contributed by atoms with E-state index in [1.165, 1.54) is 0 Å². The topological polar surface area (TPSA) is 89.4 Å². The van der Waals surface area contributed by atoms with E-state index in [0.29, 0.717) is 17.5 Å². The lowest BCUT2D eigenvalue weighted by Crippen LogP contribution is -2.10. The van der Waals surface area contributed by atoms with Crippen LogP contribution in [0.15, 0.2) is 28.7 Å². The van der Waals surface area contributed by atoms with Crippen molar-refractivity contribution < 1.29 is 14.3 Å². The molecule has 89 valence electrons. The normalized spacial score (nSPS) is 12.8. The van der Waals surface area contributed by atoms with Crippen molar-refractivity contribution in [3.63, 3.8) is 0 Å². The molecule has 0 aliphatic carbocycles.